The summed E-state index contributed by atoms with van der Waals surface area (Å²) in [5.74, 6) is -1.71. The molecule has 6 nitrogen and oxygen atoms in total. The monoisotopic (exact) mass is 535 g/mol. The van der Waals surface area contributed by atoms with Gasteiger partial charge in [-0.2, -0.15) is 13.2 Å². The van der Waals surface area contributed by atoms with Crippen LogP contribution in [0.4, 0.5) is 24.5 Å². The third-order valence-corrected chi connectivity index (χ3v) is 6.48. The molecule has 1 N–H and O–H groups in total. The zero-order valence-electron chi connectivity index (χ0n) is 18.2. The molecular formula is C24H21BrF3N3O3. The first kappa shape index (κ1) is 23.9. The molecule has 1 saturated heterocycles. The van der Waals surface area contributed by atoms with Crippen molar-refractivity contribution in [3.63, 3.8) is 0 Å². The van der Waals surface area contributed by atoms with Crippen molar-refractivity contribution < 1.29 is 27.5 Å². The summed E-state index contributed by atoms with van der Waals surface area (Å²) in [7, 11) is 1.50. The maximum atomic E-state index is 13.0. The van der Waals surface area contributed by atoms with Gasteiger partial charge in [0.05, 0.1) is 17.1 Å². The second-order valence-corrected chi connectivity index (χ2v) is 8.56. The van der Waals surface area contributed by atoms with Gasteiger partial charge in [0.15, 0.2) is 0 Å². The lowest BCUT2D eigenvalue weighted by Crippen LogP contribution is -2.52. The average Bonchev–Trinajstić information content (AvgIpc) is 2.83. The number of anilines is 2. The van der Waals surface area contributed by atoms with Gasteiger partial charge in [-0.15, -0.1) is 0 Å². The number of hydrogen-bond donors (Lipinski definition) is 1. The van der Waals surface area contributed by atoms with Gasteiger partial charge < -0.3 is 19.9 Å². The molecule has 34 heavy (non-hydrogen) atoms. The minimum absolute atomic E-state index is 0.00648. The van der Waals surface area contributed by atoms with Crippen LogP contribution in [-0.2, 0) is 4.79 Å². The molecule has 3 aromatic carbocycles. The van der Waals surface area contributed by atoms with Crippen LogP contribution in [0.5, 0.6) is 5.75 Å². The van der Waals surface area contributed by atoms with E-state index < -0.39 is 12.1 Å². The van der Waals surface area contributed by atoms with Gasteiger partial charge in [-0.05, 0) is 57.0 Å². The summed E-state index contributed by atoms with van der Waals surface area (Å²) in [6.45, 7) is 0.562. The van der Waals surface area contributed by atoms with Crippen LogP contribution in [0.2, 0.25) is 0 Å². The van der Waals surface area contributed by atoms with Crippen molar-refractivity contribution in [1.82, 2.24) is 4.90 Å². The summed E-state index contributed by atoms with van der Waals surface area (Å²) >= 11 is 3.53. The van der Waals surface area contributed by atoms with Crippen molar-refractivity contribution in [2.24, 2.45) is 0 Å². The molecule has 1 fully saturated rings. The minimum Gasteiger partial charge on any atom is -0.495 e. The standard InChI is InChI=1S/C24H21BrF3N3O3/c1-34-21-19(14-15-4-2-3-5-18(15)20(21)25)22(32)29-16-6-8-17(9-7-16)30-10-12-31(13-11-30)23(33)24(26,27)28/h2-9,14H,10-13H2,1H3,(H,29,32). The zero-order valence-corrected chi connectivity index (χ0v) is 19.7. The molecule has 1 heterocycles. The van der Waals surface area contributed by atoms with E-state index in [2.05, 4.69) is 21.2 Å². The van der Waals surface area contributed by atoms with E-state index in [1.807, 2.05) is 29.2 Å². The first-order valence-electron chi connectivity index (χ1n) is 10.5. The van der Waals surface area contributed by atoms with Gasteiger partial charge in [-0.25, -0.2) is 0 Å². The molecule has 0 aliphatic carbocycles. The van der Waals surface area contributed by atoms with E-state index >= 15 is 0 Å². The molecule has 2 amide bonds. The summed E-state index contributed by atoms with van der Waals surface area (Å²) < 4.78 is 44.0. The molecule has 3 aromatic rings. The minimum atomic E-state index is -4.86. The predicted molar refractivity (Wildman–Crippen MR) is 127 cm³/mol. The van der Waals surface area contributed by atoms with E-state index in [0.717, 1.165) is 21.4 Å². The number of benzene rings is 3. The Morgan fingerprint density at radius 3 is 2.26 bits per heavy atom. The van der Waals surface area contributed by atoms with Gasteiger partial charge in [-0.1, -0.05) is 24.3 Å². The number of carbonyl (C=O) groups excluding carboxylic acids is 2. The molecule has 0 atom stereocenters. The number of halogens is 4. The van der Waals surface area contributed by atoms with Gasteiger partial charge >= 0.3 is 12.1 Å². The van der Waals surface area contributed by atoms with E-state index in [1.54, 1.807) is 30.3 Å². The zero-order chi connectivity index (χ0) is 24.5. The highest BCUT2D eigenvalue weighted by Crippen LogP contribution is 2.37. The number of ether oxygens (including phenoxy) is 1. The number of alkyl halides is 3. The smallest absolute Gasteiger partial charge is 0.471 e. The molecule has 10 heteroatoms. The van der Waals surface area contributed by atoms with Crippen LogP contribution in [0.1, 0.15) is 10.4 Å². The predicted octanol–water partition coefficient (Wildman–Crippen LogP) is 5.07. The summed E-state index contributed by atoms with van der Waals surface area (Å²) in [6, 6.07) is 16.4. The second-order valence-electron chi connectivity index (χ2n) is 7.77. The quantitative estimate of drug-likeness (QED) is 0.506. The van der Waals surface area contributed by atoms with Crippen molar-refractivity contribution in [1.29, 1.82) is 0 Å². The average molecular weight is 536 g/mol. The first-order chi connectivity index (χ1) is 16.2. The molecule has 0 spiro atoms. The van der Waals surface area contributed by atoms with E-state index in [4.69, 9.17) is 4.74 Å². The van der Waals surface area contributed by atoms with Crippen LogP contribution < -0.4 is 15.0 Å². The number of carbonyl (C=O) groups is 2. The maximum Gasteiger partial charge on any atom is 0.471 e. The Hall–Kier alpha value is -3.27. The Kier molecular flexibility index (Phi) is 6.70. The maximum absolute atomic E-state index is 13.0. The van der Waals surface area contributed by atoms with Crippen LogP contribution in [0.25, 0.3) is 10.8 Å². The summed E-state index contributed by atoms with van der Waals surface area (Å²) in [5.41, 5.74) is 1.73. The normalized spacial score (nSPS) is 14.3. The number of amides is 2. The molecular weight excluding hydrogens is 515 g/mol. The van der Waals surface area contributed by atoms with E-state index in [0.29, 0.717) is 21.5 Å². The van der Waals surface area contributed by atoms with Crippen molar-refractivity contribution in [3.05, 3.63) is 64.6 Å². The van der Waals surface area contributed by atoms with Crippen molar-refractivity contribution in [2.75, 3.05) is 43.5 Å². The number of hydrogen-bond acceptors (Lipinski definition) is 4. The highest BCUT2D eigenvalue weighted by atomic mass is 79.9. The summed E-state index contributed by atoms with van der Waals surface area (Å²) in [4.78, 5) is 27.1. The first-order valence-corrected chi connectivity index (χ1v) is 11.3. The molecule has 0 radical (unpaired) electrons. The van der Waals surface area contributed by atoms with Crippen LogP contribution in [0.15, 0.2) is 59.1 Å². The topological polar surface area (TPSA) is 61.9 Å². The number of nitrogens with one attached hydrogen (secondary N) is 1. The number of methoxy groups -OCH3 is 1. The molecule has 0 bridgehead atoms. The van der Waals surface area contributed by atoms with Gasteiger partial charge in [0.2, 0.25) is 0 Å². The van der Waals surface area contributed by atoms with Gasteiger partial charge in [0.1, 0.15) is 5.75 Å². The molecule has 1 aliphatic rings. The summed E-state index contributed by atoms with van der Waals surface area (Å²) in [5, 5.41) is 4.67. The number of rotatable bonds is 4. The van der Waals surface area contributed by atoms with Crippen LogP contribution in [-0.4, -0.2) is 56.2 Å². The fourth-order valence-corrected chi connectivity index (χ4v) is 4.69. The highest BCUT2D eigenvalue weighted by Gasteiger charge is 2.43. The fraction of sp³-hybridized carbons (Fsp3) is 0.250. The molecule has 1 aliphatic heterocycles. The van der Waals surface area contributed by atoms with E-state index in [9.17, 15) is 22.8 Å². The Morgan fingerprint density at radius 1 is 1.00 bits per heavy atom. The van der Waals surface area contributed by atoms with Gasteiger partial charge in [-0.3, -0.25) is 9.59 Å². The third-order valence-electron chi connectivity index (χ3n) is 5.69. The van der Waals surface area contributed by atoms with Crippen LogP contribution in [0.3, 0.4) is 0 Å². The molecule has 178 valence electrons. The Balaban J connectivity index is 1.45. The van der Waals surface area contributed by atoms with Gasteiger partial charge in [0, 0.05) is 37.6 Å². The molecule has 0 unspecified atom stereocenters. The SMILES string of the molecule is COc1c(C(=O)Nc2ccc(N3CCN(C(=O)C(F)(F)F)CC3)cc2)cc2ccccc2c1Br. The Labute approximate surface area is 202 Å². The van der Waals surface area contributed by atoms with Crippen molar-refractivity contribution in [2.45, 2.75) is 6.18 Å². The van der Waals surface area contributed by atoms with Crippen molar-refractivity contribution in [3.8, 4) is 5.75 Å². The number of fused-ring (bicyclic) bond motifs is 1. The van der Waals surface area contributed by atoms with Gasteiger partial charge in [0.25, 0.3) is 5.91 Å². The number of piperazine rings is 1. The van der Waals surface area contributed by atoms with Crippen molar-refractivity contribution >= 4 is 49.9 Å². The lowest BCUT2D eigenvalue weighted by Gasteiger charge is -2.36. The second kappa shape index (κ2) is 9.54. The van der Waals surface area contributed by atoms with E-state index in [1.165, 1.54) is 7.11 Å². The summed E-state index contributed by atoms with van der Waals surface area (Å²) in [6.07, 6.45) is -4.86. The number of nitrogens with zero attached hydrogens (tertiary/aromatic N) is 2. The highest BCUT2D eigenvalue weighted by molar-refractivity contribution is 9.10. The molecule has 0 aromatic heterocycles. The fourth-order valence-electron chi connectivity index (χ4n) is 3.95. The molecule has 4 rings (SSSR count). The lowest BCUT2D eigenvalue weighted by molar-refractivity contribution is -0.185. The molecule has 0 saturated carbocycles. The third kappa shape index (κ3) is 4.82. The largest absolute Gasteiger partial charge is 0.495 e. The van der Waals surface area contributed by atoms with Crippen LogP contribution in [0, 0.1) is 0 Å². The lowest BCUT2D eigenvalue weighted by atomic mass is 10.0. The Bertz CT molecular complexity index is 1220. The van der Waals surface area contributed by atoms with Crippen LogP contribution >= 0.6 is 15.9 Å². The Morgan fingerprint density at radius 2 is 1.65 bits per heavy atom. The van der Waals surface area contributed by atoms with E-state index in [-0.39, 0.29) is 32.1 Å².